The molecule has 1 heterocycles. The average molecular weight is 195 g/mol. The van der Waals surface area contributed by atoms with Crippen LogP contribution in [0.15, 0.2) is 29.7 Å². The molecule has 1 nitrogen and oxygen atoms in total. The van der Waals surface area contributed by atoms with E-state index < -0.39 is 0 Å². The molecule has 1 unspecified atom stereocenters. The Morgan fingerprint density at radius 1 is 1.62 bits per heavy atom. The van der Waals surface area contributed by atoms with Crippen molar-refractivity contribution in [3.8, 4) is 0 Å². The summed E-state index contributed by atoms with van der Waals surface area (Å²) < 4.78 is 0. The molecule has 0 radical (unpaired) electrons. The van der Waals surface area contributed by atoms with Gasteiger partial charge in [0.1, 0.15) is 0 Å². The third kappa shape index (κ3) is 4.25. The molecule has 0 aliphatic carbocycles. The summed E-state index contributed by atoms with van der Waals surface area (Å²) >= 11 is 1.83. The van der Waals surface area contributed by atoms with Gasteiger partial charge in [-0.3, -0.25) is 0 Å². The second-order valence-electron chi connectivity index (χ2n) is 3.16. The van der Waals surface area contributed by atoms with Crippen LogP contribution in [0.25, 0.3) is 0 Å². The number of rotatable bonds is 5. The van der Waals surface area contributed by atoms with Gasteiger partial charge in [0.15, 0.2) is 0 Å². The molecule has 0 aliphatic rings. The van der Waals surface area contributed by atoms with Crippen LogP contribution in [-0.2, 0) is 6.42 Å². The van der Waals surface area contributed by atoms with E-state index in [0.29, 0.717) is 6.04 Å². The van der Waals surface area contributed by atoms with Crippen molar-refractivity contribution in [1.82, 2.24) is 5.32 Å². The number of hydrogen-bond acceptors (Lipinski definition) is 2. The fourth-order valence-corrected chi connectivity index (χ4v) is 2.03. The van der Waals surface area contributed by atoms with Gasteiger partial charge in [0, 0.05) is 17.5 Å². The fourth-order valence-electron chi connectivity index (χ4n) is 1.19. The molecular weight excluding hydrogens is 178 g/mol. The lowest BCUT2D eigenvalue weighted by molar-refractivity contribution is 0.584. The summed E-state index contributed by atoms with van der Waals surface area (Å²) in [5.74, 6) is 0. The minimum absolute atomic E-state index is 0.565. The molecule has 0 saturated heterocycles. The Hall–Kier alpha value is -0.600. The first-order chi connectivity index (χ1) is 6.33. The monoisotopic (exact) mass is 195 g/mol. The van der Waals surface area contributed by atoms with Crippen molar-refractivity contribution in [1.29, 1.82) is 0 Å². The van der Waals surface area contributed by atoms with Crippen molar-refractivity contribution < 1.29 is 0 Å². The number of thiophene rings is 1. The molecule has 1 aromatic heterocycles. The molecule has 1 aromatic rings. The minimum atomic E-state index is 0.565. The summed E-state index contributed by atoms with van der Waals surface area (Å²) in [4.78, 5) is 1.46. The van der Waals surface area contributed by atoms with Crippen molar-refractivity contribution >= 4 is 11.3 Å². The molecular formula is C11H17NS. The smallest absolute Gasteiger partial charge is 0.0137 e. The first-order valence-corrected chi connectivity index (χ1v) is 5.58. The summed E-state index contributed by atoms with van der Waals surface area (Å²) in [5, 5.41) is 5.57. The molecule has 13 heavy (non-hydrogen) atoms. The lowest BCUT2D eigenvalue weighted by Gasteiger charge is -2.10. The highest BCUT2D eigenvalue weighted by molar-refractivity contribution is 7.09. The quantitative estimate of drug-likeness (QED) is 0.712. The molecule has 0 spiro atoms. The van der Waals surface area contributed by atoms with E-state index in [0.717, 1.165) is 13.0 Å². The van der Waals surface area contributed by atoms with Gasteiger partial charge in [-0.2, -0.15) is 0 Å². The number of allylic oxidation sites excluding steroid dienone is 1. The van der Waals surface area contributed by atoms with Crippen molar-refractivity contribution in [2.75, 3.05) is 6.54 Å². The zero-order chi connectivity index (χ0) is 9.52. The predicted octanol–water partition coefficient (Wildman–Crippen LogP) is 2.84. The molecule has 0 amide bonds. The molecule has 0 bridgehead atoms. The van der Waals surface area contributed by atoms with Gasteiger partial charge in [0.2, 0.25) is 0 Å². The largest absolute Gasteiger partial charge is 0.310 e. The van der Waals surface area contributed by atoms with Crippen LogP contribution in [0.1, 0.15) is 18.7 Å². The van der Waals surface area contributed by atoms with E-state index in [-0.39, 0.29) is 0 Å². The molecule has 1 rings (SSSR count). The van der Waals surface area contributed by atoms with E-state index in [2.05, 4.69) is 41.9 Å². The Labute approximate surface area is 84.5 Å². The first kappa shape index (κ1) is 10.5. The SMILES string of the molecule is C/C=C/CNC(C)Cc1cccs1. The normalized spacial score (nSPS) is 13.7. The van der Waals surface area contributed by atoms with Gasteiger partial charge in [-0.25, -0.2) is 0 Å². The zero-order valence-electron chi connectivity index (χ0n) is 8.29. The highest BCUT2D eigenvalue weighted by Gasteiger charge is 2.01. The molecule has 0 aliphatic heterocycles. The van der Waals surface area contributed by atoms with Crippen LogP contribution < -0.4 is 5.32 Å². The van der Waals surface area contributed by atoms with Crippen LogP contribution in [0.2, 0.25) is 0 Å². The van der Waals surface area contributed by atoms with Gasteiger partial charge in [0.25, 0.3) is 0 Å². The van der Waals surface area contributed by atoms with Gasteiger partial charge in [-0.1, -0.05) is 18.2 Å². The molecule has 0 fully saturated rings. The van der Waals surface area contributed by atoms with Crippen LogP contribution in [-0.4, -0.2) is 12.6 Å². The Bertz CT molecular complexity index is 239. The van der Waals surface area contributed by atoms with Gasteiger partial charge in [0.05, 0.1) is 0 Å². The molecule has 72 valence electrons. The first-order valence-electron chi connectivity index (χ1n) is 4.70. The zero-order valence-corrected chi connectivity index (χ0v) is 9.10. The van der Waals surface area contributed by atoms with Crippen LogP contribution in [0.4, 0.5) is 0 Å². The van der Waals surface area contributed by atoms with Crippen LogP contribution in [0.3, 0.4) is 0 Å². The van der Waals surface area contributed by atoms with Crippen molar-refractivity contribution in [3.63, 3.8) is 0 Å². The summed E-state index contributed by atoms with van der Waals surface area (Å²) in [6.07, 6.45) is 5.35. The highest BCUT2D eigenvalue weighted by atomic mass is 32.1. The number of hydrogen-bond donors (Lipinski definition) is 1. The van der Waals surface area contributed by atoms with Gasteiger partial charge < -0.3 is 5.32 Å². The maximum Gasteiger partial charge on any atom is 0.0137 e. The Balaban J connectivity index is 2.21. The molecule has 0 aromatic carbocycles. The van der Waals surface area contributed by atoms with Gasteiger partial charge in [-0.15, -0.1) is 11.3 Å². The second kappa shape index (κ2) is 5.95. The van der Waals surface area contributed by atoms with E-state index in [9.17, 15) is 0 Å². The second-order valence-corrected chi connectivity index (χ2v) is 4.19. The third-order valence-corrected chi connectivity index (χ3v) is 2.81. The van der Waals surface area contributed by atoms with E-state index in [1.165, 1.54) is 4.88 Å². The molecule has 1 N–H and O–H groups in total. The topological polar surface area (TPSA) is 12.0 Å². The summed E-state index contributed by atoms with van der Waals surface area (Å²) in [5.41, 5.74) is 0. The maximum atomic E-state index is 3.44. The lowest BCUT2D eigenvalue weighted by atomic mass is 10.2. The molecule has 2 heteroatoms. The Morgan fingerprint density at radius 3 is 3.08 bits per heavy atom. The van der Waals surface area contributed by atoms with Crippen molar-refractivity contribution in [3.05, 3.63) is 34.5 Å². The molecule has 0 saturated carbocycles. The highest BCUT2D eigenvalue weighted by Crippen LogP contribution is 2.10. The Kier molecular flexibility index (Phi) is 4.79. The van der Waals surface area contributed by atoms with E-state index in [1.54, 1.807) is 0 Å². The minimum Gasteiger partial charge on any atom is -0.310 e. The Morgan fingerprint density at radius 2 is 2.46 bits per heavy atom. The van der Waals surface area contributed by atoms with E-state index in [1.807, 2.05) is 18.3 Å². The van der Waals surface area contributed by atoms with Crippen LogP contribution in [0.5, 0.6) is 0 Å². The molecule has 1 atom stereocenters. The standard InChI is InChI=1S/C11H17NS/c1-3-4-7-12-10(2)9-11-6-5-8-13-11/h3-6,8,10,12H,7,9H2,1-2H3/b4-3+. The van der Waals surface area contributed by atoms with Crippen LogP contribution in [0, 0.1) is 0 Å². The predicted molar refractivity (Wildman–Crippen MR) is 60.3 cm³/mol. The fraction of sp³-hybridized carbons (Fsp3) is 0.455. The van der Waals surface area contributed by atoms with Gasteiger partial charge in [-0.05, 0) is 31.7 Å². The van der Waals surface area contributed by atoms with Crippen LogP contribution >= 0.6 is 11.3 Å². The number of nitrogens with one attached hydrogen (secondary N) is 1. The van der Waals surface area contributed by atoms with E-state index >= 15 is 0 Å². The van der Waals surface area contributed by atoms with E-state index in [4.69, 9.17) is 0 Å². The summed E-state index contributed by atoms with van der Waals surface area (Å²) in [6.45, 7) is 5.25. The third-order valence-electron chi connectivity index (χ3n) is 1.91. The average Bonchev–Trinajstić information content (AvgIpc) is 2.57. The lowest BCUT2D eigenvalue weighted by Crippen LogP contribution is -2.27. The van der Waals surface area contributed by atoms with Gasteiger partial charge >= 0.3 is 0 Å². The summed E-state index contributed by atoms with van der Waals surface area (Å²) in [6, 6.07) is 4.87. The maximum absolute atomic E-state index is 3.44. The van der Waals surface area contributed by atoms with Crippen molar-refractivity contribution in [2.45, 2.75) is 26.3 Å². The summed E-state index contributed by atoms with van der Waals surface area (Å²) in [7, 11) is 0. The van der Waals surface area contributed by atoms with Crippen molar-refractivity contribution in [2.24, 2.45) is 0 Å².